The molecule has 2 rings (SSSR count). The van der Waals surface area contributed by atoms with Crippen LogP contribution in [0.3, 0.4) is 0 Å². The van der Waals surface area contributed by atoms with E-state index >= 15 is 0 Å². The van der Waals surface area contributed by atoms with Crippen LogP contribution in [0.5, 0.6) is 0 Å². The number of hydrogen-bond donors (Lipinski definition) is 2. The molecule has 0 saturated carbocycles. The Labute approximate surface area is 113 Å². The van der Waals surface area contributed by atoms with Crippen molar-refractivity contribution in [2.24, 2.45) is 0 Å². The maximum atomic E-state index is 12.3. The maximum Gasteiger partial charge on any atom is 0.272 e. The van der Waals surface area contributed by atoms with E-state index in [1.807, 2.05) is 18.0 Å². The van der Waals surface area contributed by atoms with Gasteiger partial charge in [-0.25, -0.2) is 0 Å². The third-order valence-corrected chi connectivity index (χ3v) is 3.34. The molecule has 104 valence electrons. The van der Waals surface area contributed by atoms with Crippen LogP contribution in [0, 0.1) is 0 Å². The van der Waals surface area contributed by atoms with Crippen molar-refractivity contribution in [1.82, 2.24) is 14.8 Å². The van der Waals surface area contributed by atoms with Crippen molar-refractivity contribution in [2.75, 3.05) is 51.7 Å². The number of rotatable bonds is 4. The van der Waals surface area contributed by atoms with Crippen molar-refractivity contribution >= 4 is 11.6 Å². The number of carbonyl (C=O) groups excluding carboxylic acids is 1. The number of carbonyl (C=O) groups is 1. The highest BCUT2D eigenvalue weighted by molar-refractivity contribution is 5.93. The number of aliphatic hydroxyl groups is 1. The van der Waals surface area contributed by atoms with E-state index in [1.165, 1.54) is 0 Å². The molecule has 2 heterocycles. The highest BCUT2D eigenvalue weighted by Gasteiger charge is 2.22. The van der Waals surface area contributed by atoms with Gasteiger partial charge in [0.25, 0.3) is 5.91 Å². The lowest BCUT2D eigenvalue weighted by molar-refractivity contribution is 0.0609. The van der Waals surface area contributed by atoms with E-state index in [9.17, 15) is 4.79 Å². The van der Waals surface area contributed by atoms with Gasteiger partial charge in [-0.3, -0.25) is 14.7 Å². The molecule has 1 aromatic heterocycles. The minimum Gasteiger partial charge on any atom is -0.395 e. The number of nitrogens with one attached hydrogen (secondary N) is 1. The van der Waals surface area contributed by atoms with E-state index in [-0.39, 0.29) is 12.5 Å². The maximum absolute atomic E-state index is 12.3. The lowest BCUT2D eigenvalue weighted by Crippen LogP contribution is -2.49. The van der Waals surface area contributed by atoms with Gasteiger partial charge in [0.15, 0.2) is 0 Å². The molecule has 0 spiro atoms. The molecule has 6 nitrogen and oxygen atoms in total. The van der Waals surface area contributed by atoms with Crippen LogP contribution in [0.1, 0.15) is 10.5 Å². The van der Waals surface area contributed by atoms with E-state index in [1.54, 1.807) is 12.3 Å². The Morgan fingerprint density at radius 3 is 2.79 bits per heavy atom. The molecule has 0 aliphatic carbocycles. The predicted octanol–water partition coefficient (Wildman–Crippen LogP) is -0.127. The van der Waals surface area contributed by atoms with Gasteiger partial charge in [0.05, 0.1) is 6.61 Å². The molecular formula is C13H20N4O2. The van der Waals surface area contributed by atoms with Gasteiger partial charge in [-0.15, -0.1) is 0 Å². The van der Waals surface area contributed by atoms with Crippen molar-refractivity contribution in [1.29, 1.82) is 0 Å². The summed E-state index contributed by atoms with van der Waals surface area (Å²) in [6.45, 7) is 3.82. The second-order valence-electron chi connectivity index (χ2n) is 4.54. The van der Waals surface area contributed by atoms with Crippen LogP contribution in [0.2, 0.25) is 0 Å². The Balaban J connectivity index is 1.97. The second-order valence-corrected chi connectivity index (χ2v) is 4.54. The molecule has 0 aromatic carbocycles. The van der Waals surface area contributed by atoms with Crippen LogP contribution in [0.4, 0.5) is 5.69 Å². The minimum absolute atomic E-state index is 0.0271. The lowest BCUT2D eigenvalue weighted by atomic mass is 10.2. The number of nitrogens with zero attached hydrogens (tertiary/aromatic N) is 3. The highest BCUT2D eigenvalue weighted by atomic mass is 16.3. The zero-order valence-corrected chi connectivity index (χ0v) is 11.2. The van der Waals surface area contributed by atoms with Crippen molar-refractivity contribution in [3.63, 3.8) is 0 Å². The highest BCUT2D eigenvalue weighted by Crippen LogP contribution is 2.11. The van der Waals surface area contributed by atoms with Crippen LogP contribution in [-0.2, 0) is 0 Å². The quantitative estimate of drug-likeness (QED) is 0.793. The molecule has 1 aliphatic heterocycles. The number of β-amino-alcohol motifs (C(OH)–C–C–N with tert-alkyl or cyclic N) is 1. The van der Waals surface area contributed by atoms with Crippen LogP contribution in [-0.4, -0.2) is 72.2 Å². The molecular weight excluding hydrogens is 244 g/mol. The number of anilines is 1. The Bertz CT molecular complexity index is 430. The number of aliphatic hydroxyl groups excluding tert-OH is 1. The number of aromatic nitrogens is 1. The first-order valence-corrected chi connectivity index (χ1v) is 6.51. The van der Waals surface area contributed by atoms with Crippen LogP contribution < -0.4 is 5.32 Å². The largest absolute Gasteiger partial charge is 0.395 e. The SMILES string of the molecule is CNc1ccnc(C(=O)N2CCN(CCO)CC2)c1. The Morgan fingerprint density at radius 1 is 1.42 bits per heavy atom. The summed E-state index contributed by atoms with van der Waals surface area (Å²) in [7, 11) is 1.82. The van der Waals surface area contributed by atoms with Crippen molar-refractivity contribution in [3.8, 4) is 0 Å². The Hall–Kier alpha value is -1.66. The fourth-order valence-corrected chi connectivity index (χ4v) is 2.18. The third-order valence-electron chi connectivity index (χ3n) is 3.34. The predicted molar refractivity (Wildman–Crippen MR) is 73.2 cm³/mol. The zero-order valence-electron chi connectivity index (χ0n) is 11.2. The molecule has 19 heavy (non-hydrogen) atoms. The zero-order chi connectivity index (χ0) is 13.7. The molecule has 2 N–H and O–H groups in total. The van der Waals surface area contributed by atoms with E-state index in [2.05, 4.69) is 15.2 Å². The lowest BCUT2D eigenvalue weighted by Gasteiger charge is -2.34. The second kappa shape index (κ2) is 6.49. The van der Waals surface area contributed by atoms with Gasteiger partial charge < -0.3 is 15.3 Å². The molecule has 0 bridgehead atoms. The number of pyridine rings is 1. The normalized spacial score (nSPS) is 16.4. The number of hydrogen-bond acceptors (Lipinski definition) is 5. The molecule has 0 unspecified atom stereocenters. The standard InChI is InChI=1S/C13H20N4O2/c1-14-11-2-3-15-12(10-11)13(19)17-6-4-16(5-7-17)8-9-18/h2-3,10,18H,4-9H2,1H3,(H,14,15). The molecule has 1 aliphatic rings. The van der Waals surface area contributed by atoms with Gasteiger partial charge >= 0.3 is 0 Å². The van der Waals surface area contributed by atoms with Gasteiger partial charge in [-0.05, 0) is 12.1 Å². The van der Waals surface area contributed by atoms with Gasteiger partial charge in [0.2, 0.25) is 0 Å². The van der Waals surface area contributed by atoms with Gasteiger partial charge in [-0.1, -0.05) is 0 Å². The summed E-state index contributed by atoms with van der Waals surface area (Å²) in [6.07, 6.45) is 1.64. The Kier molecular flexibility index (Phi) is 4.70. The van der Waals surface area contributed by atoms with E-state index in [0.29, 0.717) is 25.3 Å². The van der Waals surface area contributed by atoms with Crippen molar-refractivity contribution in [3.05, 3.63) is 24.0 Å². The first-order chi connectivity index (χ1) is 9.24. The van der Waals surface area contributed by atoms with Crippen molar-refractivity contribution in [2.45, 2.75) is 0 Å². The number of amides is 1. The van der Waals surface area contributed by atoms with Gasteiger partial charge in [0.1, 0.15) is 5.69 Å². The van der Waals surface area contributed by atoms with Gasteiger partial charge in [0, 0.05) is 51.7 Å². The average Bonchev–Trinajstić information content (AvgIpc) is 2.48. The van der Waals surface area contributed by atoms with Gasteiger partial charge in [-0.2, -0.15) is 0 Å². The fourth-order valence-electron chi connectivity index (χ4n) is 2.18. The smallest absolute Gasteiger partial charge is 0.272 e. The summed E-state index contributed by atoms with van der Waals surface area (Å²) in [5.41, 5.74) is 1.36. The Morgan fingerprint density at radius 2 is 2.16 bits per heavy atom. The molecule has 0 radical (unpaired) electrons. The molecule has 1 fully saturated rings. The first-order valence-electron chi connectivity index (χ1n) is 6.51. The summed E-state index contributed by atoms with van der Waals surface area (Å²) in [4.78, 5) is 20.4. The van der Waals surface area contributed by atoms with Crippen LogP contribution in [0.15, 0.2) is 18.3 Å². The van der Waals surface area contributed by atoms with E-state index < -0.39 is 0 Å². The molecule has 1 aromatic rings. The number of piperazine rings is 1. The van der Waals surface area contributed by atoms with Crippen molar-refractivity contribution < 1.29 is 9.90 Å². The fraction of sp³-hybridized carbons (Fsp3) is 0.538. The summed E-state index contributed by atoms with van der Waals surface area (Å²) in [5.74, 6) is -0.0271. The third kappa shape index (κ3) is 3.42. The summed E-state index contributed by atoms with van der Waals surface area (Å²) < 4.78 is 0. The summed E-state index contributed by atoms with van der Waals surface area (Å²) in [6, 6.07) is 3.60. The topological polar surface area (TPSA) is 68.7 Å². The van der Waals surface area contributed by atoms with Crippen LogP contribution in [0.25, 0.3) is 0 Å². The average molecular weight is 264 g/mol. The monoisotopic (exact) mass is 264 g/mol. The molecule has 1 amide bonds. The molecule has 1 saturated heterocycles. The molecule has 0 atom stereocenters. The van der Waals surface area contributed by atoms with Crippen LogP contribution >= 0.6 is 0 Å². The first kappa shape index (κ1) is 13.8. The summed E-state index contributed by atoms with van der Waals surface area (Å²) in [5, 5.41) is 11.9. The van der Waals surface area contributed by atoms with E-state index in [0.717, 1.165) is 18.8 Å². The summed E-state index contributed by atoms with van der Waals surface area (Å²) >= 11 is 0. The molecule has 6 heteroatoms. The minimum atomic E-state index is -0.0271. The van der Waals surface area contributed by atoms with E-state index in [4.69, 9.17) is 5.11 Å².